The zero-order chi connectivity index (χ0) is 26.5. The molecule has 182 valence electrons. The van der Waals surface area contributed by atoms with Gasteiger partial charge in [0.2, 0.25) is 0 Å². The topological polar surface area (TPSA) is 131 Å². The number of thiophene rings is 1. The van der Waals surface area contributed by atoms with E-state index in [0.29, 0.717) is 11.1 Å². The molecule has 5 aromatic rings. The number of nitrogens with one attached hydrogen (secondary N) is 1. The fourth-order valence-electron chi connectivity index (χ4n) is 4.02. The number of carbonyl (C=O) groups is 2. The van der Waals surface area contributed by atoms with Crippen LogP contribution in [-0.2, 0) is 0 Å². The molecule has 0 aliphatic carbocycles. The Hall–Kier alpha value is -5.00. The number of aromatic nitrogens is 1. The molecule has 0 unspecified atom stereocenters. The zero-order valence-corrected chi connectivity index (χ0v) is 20.4. The van der Waals surface area contributed by atoms with E-state index in [-0.39, 0.29) is 22.2 Å². The first-order valence-electron chi connectivity index (χ1n) is 11.1. The summed E-state index contributed by atoms with van der Waals surface area (Å²) < 4.78 is 0. The van der Waals surface area contributed by atoms with Gasteiger partial charge in [-0.25, -0.2) is 9.59 Å². The van der Waals surface area contributed by atoms with Crippen molar-refractivity contribution in [2.45, 2.75) is 6.92 Å². The molecule has 37 heavy (non-hydrogen) atoms. The Morgan fingerprint density at radius 3 is 2.08 bits per heavy atom. The monoisotopic (exact) mass is 508 g/mol. The summed E-state index contributed by atoms with van der Waals surface area (Å²) in [4.78, 5) is 36.2. The van der Waals surface area contributed by atoms with Gasteiger partial charge in [-0.1, -0.05) is 42.5 Å². The van der Waals surface area contributed by atoms with Crippen LogP contribution in [0, 0.1) is 18.3 Å². The van der Waals surface area contributed by atoms with Gasteiger partial charge in [-0.2, -0.15) is 16.6 Å². The van der Waals surface area contributed by atoms with Crippen LogP contribution in [0.5, 0.6) is 0 Å². The minimum Gasteiger partial charge on any atom is -0.478 e. The van der Waals surface area contributed by atoms with E-state index in [4.69, 9.17) is 10.2 Å². The van der Waals surface area contributed by atoms with Crippen molar-refractivity contribution in [2.75, 3.05) is 0 Å². The lowest BCUT2D eigenvalue weighted by molar-refractivity contribution is 0.0696. The van der Waals surface area contributed by atoms with Gasteiger partial charge < -0.3 is 15.2 Å². The summed E-state index contributed by atoms with van der Waals surface area (Å²) in [6.07, 6.45) is 0. The van der Waals surface area contributed by atoms with Gasteiger partial charge >= 0.3 is 11.9 Å². The summed E-state index contributed by atoms with van der Waals surface area (Å²) in [5.74, 6) is -2.22. The van der Waals surface area contributed by atoms with Gasteiger partial charge in [0, 0.05) is 10.9 Å². The van der Waals surface area contributed by atoms with Crippen LogP contribution in [-0.4, -0.2) is 27.1 Å². The van der Waals surface area contributed by atoms with Crippen LogP contribution in [0.1, 0.15) is 32.0 Å². The number of pyridine rings is 1. The highest BCUT2D eigenvalue weighted by Gasteiger charge is 2.15. The van der Waals surface area contributed by atoms with Crippen LogP contribution in [0.15, 0.2) is 88.4 Å². The Bertz CT molecular complexity index is 1680. The van der Waals surface area contributed by atoms with Gasteiger partial charge in [-0.15, -0.1) is 0 Å². The number of nitriles is 1. The Balaban J connectivity index is 0.000000209. The molecule has 3 N–H and O–H groups in total. The summed E-state index contributed by atoms with van der Waals surface area (Å²) in [6.45, 7) is 1.48. The number of H-pyrrole nitrogens is 1. The van der Waals surface area contributed by atoms with Crippen molar-refractivity contribution in [2.24, 2.45) is 0 Å². The summed E-state index contributed by atoms with van der Waals surface area (Å²) in [6, 6.07) is 23.8. The van der Waals surface area contributed by atoms with E-state index in [9.17, 15) is 19.6 Å². The quantitative estimate of drug-likeness (QED) is 0.265. The van der Waals surface area contributed by atoms with Gasteiger partial charge in [0.05, 0.1) is 11.1 Å². The van der Waals surface area contributed by atoms with Crippen molar-refractivity contribution in [1.29, 1.82) is 5.26 Å². The molecule has 0 amide bonds. The van der Waals surface area contributed by atoms with Crippen LogP contribution in [0.2, 0.25) is 0 Å². The van der Waals surface area contributed by atoms with E-state index in [2.05, 4.69) is 16.4 Å². The summed E-state index contributed by atoms with van der Waals surface area (Å²) in [5.41, 5.74) is 4.22. The Morgan fingerprint density at radius 1 is 0.838 bits per heavy atom. The van der Waals surface area contributed by atoms with E-state index in [1.54, 1.807) is 11.3 Å². The van der Waals surface area contributed by atoms with Gasteiger partial charge in [0.25, 0.3) is 5.56 Å². The molecule has 0 aliphatic heterocycles. The Morgan fingerprint density at radius 2 is 1.51 bits per heavy atom. The molecule has 0 atom stereocenters. The number of aromatic amines is 1. The van der Waals surface area contributed by atoms with Crippen LogP contribution in [0.4, 0.5) is 0 Å². The third-order valence-corrected chi connectivity index (χ3v) is 6.53. The van der Waals surface area contributed by atoms with E-state index in [0.717, 1.165) is 27.6 Å². The average molecular weight is 509 g/mol. The minimum absolute atomic E-state index is 0.0277. The van der Waals surface area contributed by atoms with Crippen molar-refractivity contribution in [1.82, 2.24) is 4.98 Å². The highest BCUT2D eigenvalue weighted by Crippen LogP contribution is 2.32. The number of benzene rings is 3. The number of carboxylic acids is 2. The zero-order valence-electron chi connectivity index (χ0n) is 19.6. The van der Waals surface area contributed by atoms with E-state index in [1.807, 2.05) is 60.0 Å². The third kappa shape index (κ3) is 5.17. The molecule has 0 bridgehead atoms. The molecule has 8 heteroatoms. The molecule has 7 nitrogen and oxygen atoms in total. The molecule has 5 rings (SSSR count). The molecular formula is C29H20N2O5S. The first-order valence-corrected chi connectivity index (χ1v) is 12.0. The predicted octanol–water partition coefficient (Wildman–Crippen LogP) is 6.19. The summed E-state index contributed by atoms with van der Waals surface area (Å²) in [7, 11) is 0. The molecule has 3 aromatic carbocycles. The van der Waals surface area contributed by atoms with Gasteiger partial charge in [0.15, 0.2) is 0 Å². The number of fused-ring (bicyclic) bond motifs is 1. The lowest BCUT2D eigenvalue weighted by atomic mass is 9.95. The smallest absolute Gasteiger partial charge is 0.335 e. The lowest BCUT2D eigenvalue weighted by Gasteiger charge is -2.10. The summed E-state index contributed by atoms with van der Waals surface area (Å²) >= 11 is 1.63. The Kier molecular flexibility index (Phi) is 7.28. The largest absolute Gasteiger partial charge is 0.478 e. The molecule has 0 aliphatic rings. The molecule has 0 spiro atoms. The van der Waals surface area contributed by atoms with Crippen molar-refractivity contribution < 1.29 is 19.8 Å². The highest BCUT2D eigenvalue weighted by molar-refractivity contribution is 7.08. The minimum atomic E-state index is -1.11. The van der Waals surface area contributed by atoms with Crippen molar-refractivity contribution in [3.8, 4) is 28.3 Å². The van der Waals surface area contributed by atoms with Crippen molar-refractivity contribution in [3.05, 3.63) is 116 Å². The second-order valence-electron chi connectivity index (χ2n) is 8.04. The Labute approximate surface area is 215 Å². The SMILES string of the molecule is Cc1c(C(=O)O)cccc1C(=O)O.N#Cc1[nH]c(=O)c2ccc(-c3ccsc3)cc2c1-c1ccccc1. The maximum absolute atomic E-state index is 12.3. The van der Waals surface area contributed by atoms with E-state index in [1.165, 1.54) is 25.1 Å². The highest BCUT2D eigenvalue weighted by atomic mass is 32.1. The number of hydrogen-bond donors (Lipinski definition) is 3. The number of rotatable bonds is 4. The third-order valence-electron chi connectivity index (χ3n) is 5.85. The second kappa shape index (κ2) is 10.7. The maximum Gasteiger partial charge on any atom is 0.335 e. The normalized spacial score (nSPS) is 10.3. The van der Waals surface area contributed by atoms with Crippen molar-refractivity contribution in [3.63, 3.8) is 0 Å². The van der Waals surface area contributed by atoms with E-state index >= 15 is 0 Å². The van der Waals surface area contributed by atoms with Crippen LogP contribution < -0.4 is 5.56 Å². The predicted molar refractivity (Wildman–Crippen MR) is 143 cm³/mol. The molecule has 2 aromatic heterocycles. The first kappa shape index (κ1) is 25.1. The fourth-order valence-corrected chi connectivity index (χ4v) is 4.69. The van der Waals surface area contributed by atoms with Crippen LogP contribution in [0.25, 0.3) is 33.0 Å². The lowest BCUT2D eigenvalue weighted by Crippen LogP contribution is -2.10. The second-order valence-corrected chi connectivity index (χ2v) is 8.82. The number of carboxylic acid groups (broad SMARTS) is 2. The molecule has 0 fully saturated rings. The standard InChI is InChI=1S/C20H12N2OS.C9H8O4/c21-11-18-19(13-4-2-1-3-5-13)17-10-14(15-8-9-24-12-15)6-7-16(17)20(23)22-18;1-5-6(8(10)11)3-2-4-7(5)9(12)13/h1-10,12H,(H,22,23);2-4H,1H3,(H,10,11)(H,12,13). The van der Waals surface area contributed by atoms with Crippen LogP contribution in [0.3, 0.4) is 0 Å². The van der Waals surface area contributed by atoms with Gasteiger partial charge in [-0.3, -0.25) is 4.79 Å². The molecular weight excluding hydrogens is 488 g/mol. The van der Waals surface area contributed by atoms with E-state index < -0.39 is 11.9 Å². The molecule has 0 saturated heterocycles. The maximum atomic E-state index is 12.3. The fraction of sp³-hybridized carbons (Fsp3) is 0.0345. The molecule has 0 radical (unpaired) electrons. The van der Waals surface area contributed by atoms with Crippen molar-refractivity contribution >= 4 is 34.0 Å². The number of aromatic carboxylic acids is 2. The number of nitrogens with zero attached hydrogens (tertiary/aromatic N) is 1. The first-order chi connectivity index (χ1) is 17.8. The average Bonchev–Trinajstić information content (AvgIpc) is 3.44. The molecule has 0 saturated carbocycles. The molecule has 2 heterocycles. The van der Waals surface area contributed by atoms with Gasteiger partial charge in [0.1, 0.15) is 11.8 Å². The number of hydrogen-bond acceptors (Lipinski definition) is 5. The summed E-state index contributed by atoms with van der Waals surface area (Å²) in [5, 5.41) is 32.3. The van der Waals surface area contributed by atoms with Crippen LogP contribution >= 0.6 is 11.3 Å². The van der Waals surface area contributed by atoms with Gasteiger partial charge in [-0.05, 0) is 75.7 Å².